The lowest BCUT2D eigenvalue weighted by molar-refractivity contribution is -0.382. The Labute approximate surface area is 285 Å². The molecule has 6 nitrogen and oxygen atoms in total. The highest BCUT2D eigenvalue weighted by atomic mass is 32.2. The van der Waals surface area contributed by atoms with Crippen molar-refractivity contribution >= 4 is 37.7 Å². The van der Waals surface area contributed by atoms with Crippen LogP contribution in [0.25, 0.3) is 11.0 Å². The van der Waals surface area contributed by atoms with E-state index in [9.17, 15) is 66.1 Å². The van der Waals surface area contributed by atoms with Gasteiger partial charge >= 0.3 is 28.9 Å². The third-order valence-corrected chi connectivity index (χ3v) is 11.6. The Morgan fingerprint density at radius 3 is 1.75 bits per heavy atom. The van der Waals surface area contributed by atoms with Crippen LogP contribution < -0.4 is 10.5 Å². The number of aryl methyl sites for hydroxylation is 3. The van der Waals surface area contributed by atoms with Crippen LogP contribution in [0.4, 0.5) is 54.0 Å². The Hall–Kier alpha value is -3.84. The van der Waals surface area contributed by atoms with Gasteiger partial charge in [0.25, 0.3) is 4.90 Å². The molecule has 0 saturated carbocycles. The molecule has 2 aliphatic heterocycles. The first-order chi connectivity index (χ1) is 23.5. The van der Waals surface area contributed by atoms with Crippen LogP contribution in [0.2, 0.25) is 0 Å². The lowest BCUT2D eigenvalue weighted by Gasteiger charge is -2.37. The quantitative estimate of drug-likeness (QED) is 0.0851. The molecule has 19 heteroatoms. The molecule has 3 aromatic carbocycles. The highest BCUT2D eigenvalue weighted by molar-refractivity contribution is 7.97. The maximum Gasteiger partial charge on any atom is 0.460 e. The summed E-state index contributed by atoms with van der Waals surface area (Å²) in [5.74, 6) is -15.5. The van der Waals surface area contributed by atoms with Crippen molar-refractivity contribution in [2.75, 3.05) is 18.0 Å². The zero-order chi connectivity index (χ0) is 37.9. The van der Waals surface area contributed by atoms with Gasteiger partial charge in [0.05, 0.1) is 0 Å². The molecule has 1 aromatic heterocycles. The zero-order valence-electron chi connectivity index (χ0n) is 25.9. The standard InChI is InChI=1S/C28H24F2NO2S.C4HF9O3S/c1-17-24-16-18-4-2-14-31-15-3-5-23(25(18)31)26(24)33-28(32)27(17)34(21-10-6-19(29)7-11-21)22-12-8-20(30)9-13-22;5-1(6,3(9,10)11)2(7,8)4(12,13)17(14,15)16/h6-13,16H,2-5,14-15H2,1H3;(H,14,15,16)/q+1;/p-1. The first kappa shape index (κ1) is 38.4. The summed E-state index contributed by atoms with van der Waals surface area (Å²) in [5, 5.41) is -6.15. The van der Waals surface area contributed by atoms with Gasteiger partial charge in [-0.25, -0.2) is 22.0 Å². The highest BCUT2D eigenvalue weighted by Crippen LogP contribution is 2.54. The lowest BCUT2D eigenvalue weighted by atomic mass is 9.89. The summed E-state index contributed by atoms with van der Waals surface area (Å²) in [6.45, 7) is 4.07. The van der Waals surface area contributed by atoms with E-state index in [1.165, 1.54) is 35.5 Å². The van der Waals surface area contributed by atoms with E-state index < -0.39 is 44.3 Å². The fourth-order valence-corrected chi connectivity index (χ4v) is 8.53. The molecule has 276 valence electrons. The van der Waals surface area contributed by atoms with Crippen LogP contribution in [0.1, 0.15) is 29.5 Å². The predicted octanol–water partition coefficient (Wildman–Crippen LogP) is 8.13. The number of hydrogen-bond acceptors (Lipinski definition) is 6. The molecule has 0 amide bonds. The van der Waals surface area contributed by atoms with E-state index in [-0.39, 0.29) is 17.3 Å². The first-order valence-electron chi connectivity index (χ1n) is 14.8. The second-order valence-corrected chi connectivity index (χ2v) is 15.0. The minimum absolute atomic E-state index is 0.344. The second kappa shape index (κ2) is 13.3. The third-order valence-electron chi connectivity index (χ3n) is 8.33. The van der Waals surface area contributed by atoms with E-state index in [4.69, 9.17) is 4.42 Å². The number of hydrogen-bond donors (Lipinski definition) is 0. The van der Waals surface area contributed by atoms with Gasteiger partial charge in [0.1, 0.15) is 28.1 Å². The van der Waals surface area contributed by atoms with Crippen LogP contribution in [-0.4, -0.2) is 49.3 Å². The molecule has 0 bridgehead atoms. The summed E-state index contributed by atoms with van der Waals surface area (Å²) in [6.07, 6.45) is -3.07. The molecule has 6 rings (SSSR count). The van der Waals surface area contributed by atoms with E-state index in [0.717, 1.165) is 65.1 Å². The molecular weight excluding hydrogens is 751 g/mol. The molecule has 0 fully saturated rings. The van der Waals surface area contributed by atoms with Gasteiger partial charge in [-0.1, -0.05) is 0 Å². The van der Waals surface area contributed by atoms with E-state index >= 15 is 0 Å². The van der Waals surface area contributed by atoms with Crippen LogP contribution in [0.3, 0.4) is 0 Å². The number of rotatable bonds is 6. The summed E-state index contributed by atoms with van der Waals surface area (Å²) in [5.41, 5.74) is 4.92. The summed E-state index contributed by atoms with van der Waals surface area (Å²) in [6, 6.07) is 14.6. The summed E-state index contributed by atoms with van der Waals surface area (Å²) in [7, 11) is -8.28. The van der Waals surface area contributed by atoms with Gasteiger partial charge in [0.2, 0.25) is 0 Å². The van der Waals surface area contributed by atoms with Crippen molar-refractivity contribution in [3.8, 4) is 0 Å². The van der Waals surface area contributed by atoms with Gasteiger partial charge in [0, 0.05) is 35.3 Å². The Morgan fingerprint density at radius 2 is 1.27 bits per heavy atom. The van der Waals surface area contributed by atoms with E-state index in [0.29, 0.717) is 10.5 Å². The molecule has 4 aromatic rings. The maximum atomic E-state index is 13.7. The van der Waals surface area contributed by atoms with Gasteiger partial charge in [-0.3, -0.25) is 0 Å². The van der Waals surface area contributed by atoms with Gasteiger partial charge in [-0.05, 0) is 92.8 Å². The van der Waals surface area contributed by atoms with Crippen LogP contribution in [-0.2, 0) is 33.9 Å². The largest absolute Gasteiger partial charge is 0.743 e. The maximum absolute atomic E-state index is 13.7. The van der Waals surface area contributed by atoms with Gasteiger partial charge < -0.3 is 13.9 Å². The lowest BCUT2D eigenvalue weighted by Crippen LogP contribution is -2.63. The van der Waals surface area contributed by atoms with Gasteiger partial charge in [0.15, 0.2) is 19.9 Å². The topological polar surface area (TPSA) is 90.7 Å². The molecule has 0 atom stereocenters. The minimum atomic E-state index is -7.43. The van der Waals surface area contributed by atoms with Crippen molar-refractivity contribution < 1.29 is 65.7 Å². The monoisotopic (exact) mass is 775 g/mol. The molecule has 2 aliphatic rings. The van der Waals surface area contributed by atoms with Crippen LogP contribution in [0.5, 0.6) is 0 Å². The number of anilines is 1. The predicted molar refractivity (Wildman–Crippen MR) is 162 cm³/mol. The SMILES string of the molecule is Cc1c([S+](c2ccc(F)cc2)c2ccc(F)cc2)c(=O)oc2c3c4c(cc12)CCCN4CCC3.O=S(=O)([O-])C(F)(F)C(F)(F)C(F)(F)C(F)(F)F. The van der Waals surface area contributed by atoms with Crippen molar-refractivity contribution in [2.45, 2.75) is 70.6 Å². The van der Waals surface area contributed by atoms with Crippen molar-refractivity contribution in [3.05, 3.63) is 93.3 Å². The molecule has 0 radical (unpaired) electrons. The number of benzene rings is 3. The molecule has 0 unspecified atom stereocenters. The summed E-state index contributed by atoms with van der Waals surface area (Å²) in [4.78, 5) is 18.1. The van der Waals surface area contributed by atoms with Crippen molar-refractivity contribution in [3.63, 3.8) is 0 Å². The van der Waals surface area contributed by atoms with Crippen molar-refractivity contribution in [2.24, 2.45) is 0 Å². The van der Waals surface area contributed by atoms with Crippen molar-refractivity contribution in [1.29, 1.82) is 0 Å². The third kappa shape index (κ3) is 6.67. The average molecular weight is 776 g/mol. The Morgan fingerprint density at radius 1 is 0.784 bits per heavy atom. The zero-order valence-corrected chi connectivity index (χ0v) is 27.5. The molecule has 0 aliphatic carbocycles. The molecular formula is C32H24F11NO5S2. The summed E-state index contributed by atoms with van der Waals surface area (Å²) < 4.78 is 169. The highest BCUT2D eigenvalue weighted by Gasteiger charge is 2.83. The average Bonchev–Trinajstić information content (AvgIpc) is 3.04. The normalized spacial score (nSPS) is 15.5. The van der Waals surface area contributed by atoms with Crippen molar-refractivity contribution in [1.82, 2.24) is 0 Å². The van der Waals surface area contributed by atoms with E-state index in [1.54, 1.807) is 24.3 Å². The van der Waals surface area contributed by atoms with Gasteiger partial charge in [-0.15, -0.1) is 0 Å². The first-order valence-corrected chi connectivity index (χ1v) is 17.4. The Bertz CT molecular complexity index is 2070. The van der Waals surface area contributed by atoms with Crippen LogP contribution in [0.15, 0.2) is 78.5 Å². The Kier molecular flexibility index (Phi) is 10.0. The molecule has 0 spiro atoms. The number of nitrogens with zero attached hydrogens (tertiary/aromatic N) is 1. The second-order valence-electron chi connectivity index (χ2n) is 11.6. The number of alkyl halides is 9. The van der Waals surface area contributed by atoms with Gasteiger partial charge in [-0.2, -0.15) is 39.5 Å². The number of fused-ring (bicyclic) bond motifs is 2. The minimum Gasteiger partial charge on any atom is -0.743 e. The fourth-order valence-electron chi connectivity index (χ4n) is 5.91. The number of halogens is 11. The smallest absolute Gasteiger partial charge is 0.460 e. The van der Waals surface area contributed by atoms with Crippen LogP contribution >= 0.6 is 0 Å². The van der Waals surface area contributed by atoms with Crippen LogP contribution in [0, 0.1) is 18.6 Å². The van der Waals surface area contributed by atoms with E-state index in [2.05, 4.69) is 11.0 Å². The summed E-state index contributed by atoms with van der Waals surface area (Å²) >= 11 is 0. The Balaban J connectivity index is 0.000000253. The van der Waals surface area contributed by atoms with E-state index in [1.807, 2.05) is 6.92 Å². The fraction of sp³-hybridized carbons (Fsp3) is 0.344. The molecule has 0 N–H and O–H groups in total. The molecule has 0 saturated heterocycles. The molecule has 3 heterocycles. The molecule has 51 heavy (non-hydrogen) atoms.